The molecular formula is C35H60BrFN2O8SSi3. The summed E-state index contributed by atoms with van der Waals surface area (Å²) in [4.78, 5) is 13.0. The molecule has 2 rings (SSSR count). The lowest BCUT2D eigenvalue weighted by Gasteiger charge is -2.34. The largest absolute Gasteiger partial charge is 0.481 e. The summed E-state index contributed by atoms with van der Waals surface area (Å²) in [5, 5.41) is 2.89. The third kappa shape index (κ3) is 16.4. The van der Waals surface area contributed by atoms with E-state index in [4.69, 9.17) is 23.4 Å². The zero-order valence-electron chi connectivity index (χ0n) is 32.2. The van der Waals surface area contributed by atoms with E-state index < -0.39 is 58.9 Å². The van der Waals surface area contributed by atoms with Crippen molar-refractivity contribution in [1.82, 2.24) is 5.32 Å². The SMILES string of the molecule is CC[Si](CC)(CC)OC(CNC(=O)COc1ccc(Br)cc1F)c1ccc(OCOCC[Si](C)(C)C)c(N(COCC[Si](C)(C)C)S(C)(=O)=O)c1. The fourth-order valence-corrected chi connectivity index (χ4v) is 10.4. The van der Waals surface area contributed by atoms with E-state index in [2.05, 4.69) is 81.3 Å². The molecule has 0 bridgehead atoms. The minimum absolute atomic E-state index is 0.0341. The first-order valence-corrected chi connectivity index (χ1v) is 30.2. The topological polar surface area (TPSA) is 113 Å². The fraction of sp³-hybridized carbons (Fsp3) is 0.629. The maximum absolute atomic E-state index is 14.3. The highest BCUT2D eigenvalue weighted by atomic mass is 79.9. The standard InChI is InChI=1S/C35H60BrFN2O8SSi3/c1-11-51(12-2,13-3)47-34(24-38-35(40)25-45-32-17-15-29(36)23-30(32)37)28-14-16-33(46-27-44-19-21-50(8,9)10)31(22-28)39(48(4,41)42)26-43-18-20-49(5,6)7/h14-17,22-23,34H,11-13,18-21,24-27H2,1-10H3,(H,38,40). The van der Waals surface area contributed by atoms with Crippen LogP contribution < -0.4 is 19.1 Å². The number of hydrogen-bond acceptors (Lipinski definition) is 8. The van der Waals surface area contributed by atoms with Crippen molar-refractivity contribution >= 4 is 62.0 Å². The van der Waals surface area contributed by atoms with Gasteiger partial charge in [-0.1, -0.05) is 82.0 Å². The lowest BCUT2D eigenvalue weighted by molar-refractivity contribution is -0.123. The molecule has 1 atom stereocenters. The monoisotopic (exact) mass is 850 g/mol. The first-order valence-electron chi connectivity index (χ1n) is 17.6. The number of anilines is 1. The van der Waals surface area contributed by atoms with Crippen LogP contribution in [0.4, 0.5) is 10.1 Å². The van der Waals surface area contributed by atoms with Crippen LogP contribution in [0, 0.1) is 5.82 Å². The van der Waals surface area contributed by atoms with Crippen molar-refractivity contribution in [3.63, 3.8) is 0 Å². The molecular weight excluding hydrogens is 792 g/mol. The number of carbonyl (C=O) groups is 1. The lowest BCUT2D eigenvalue weighted by Crippen LogP contribution is -2.41. The summed E-state index contributed by atoms with van der Waals surface area (Å²) in [5.41, 5.74) is 0.961. The van der Waals surface area contributed by atoms with Gasteiger partial charge in [-0.2, -0.15) is 0 Å². The summed E-state index contributed by atoms with van der Waals surface area (Å²) in [5.74, 6) is -0.747. The van der Waals surface area contributed by atoms with Gasteiger partial charge in [0.1, 0.15) is 12.5 Å². The van der Waals surface area contributed by atoms with E-state index in [1.54, 1.807) is 18.2 Å². The number of hydrogen-bond donors (Lipinski definition) is 1. The van der Waals surface area contributed by atoms with Crippen LogP contribution in [0.3, 0.4) is 0 Å². The van der Waals surface area contributed by atoms with E-state index in [-0.39, 0.29) is 25.8 Å². The molecule has 51 heavy (non-hydrogen) atoms. The van der Waals surface area contributed by atoms with Gasteiger partial charge in [-0.15, -0.1) is 0 Å². The maximum atomic E-state index is 14.3. The number of rotatable bonds is 24. The molecule has 0 radical (unpaired) electrons. The molecule has 0 saturated carbocycles. The third-order valence-electron chi connectivity index (χ3n) is 8.59. The van der Waals surface area contributed by atoms with Crippen molar-refractivity contribution in [2.75, 3.05) is 50.5 Å². The Morgan fingerprint density at radius 3 is 2.02 bits per heavy atom. The molecule has 1 N–H and O–H groups in total. The van der Waals surface area contributed by atoms with Crippen LogP contribution in [-0.4, -0.2) is 84.9 Å². The molecule has 0 spiro atoms. The Balaban J connectivity index is 2.47. The predicted octanol–water partition coefficient (Wildman–Crippen LogP) is 8.62. The van der Waals surface area contributed by atoms with E-state index in [9.17, 15) is 17.6 Å². The van der Waals surface area contributed by atoms with Crippen LogP contribution in [0.2, 0.25) is 69.5 Å². The highest BCUT2D eigenvalue weighted by molar-refractivity contribution is 9.10. The van der Waals surface area contributed by atoms with Crippen molar-refractivity contribution in [1.29, 1.82) is 0 Å². The molecule has 16 heteroatoms. The van der Waals surface area contributed by atoms with Gasteiger partial charge in [-0.05, 0) is 66.1 Å². The molecule has 2 aromatic carbocycles. The number of halogens is 2. The molecule has 0 aliphatic heterocycles. The zero-order valence-corrected chi connectivity index (χ0v) is 37.6. The van der Waals surface area contributed by atoms with Crippen molar-refractivity contribution in [2.24, 2.45) is 0 Å². The van der Waals surface area contributed by atoms with Gasteiger partial charge in [-0.25, -0.2) is 17.1 Å². The maximum Gasteiger partial charge on any atom is 0.258 e. The van der Waals surface area contributed by atoms with Crippen molar-refractivity contribution in [2.45, 2.75) is 96.4 Å². The third-order valence-corrected chi connectivity index (χ3v) is 18.2. The molecule has 0 saturated heterocycles. The predicted molar refractivity (Wildman–Crippen MR) is 216 cm³/mol. The first kappa shape index (κ1) is 45.4. The van der Waals surface area contributed by atoms with Gasteiger partial charge in [0.15, 0.2) is 33.3 Å². The van der Waals surface area contributed by atoms with E-state index in [1.807, 2.05) is 6.07 Å². The van der Waals surface area contributed by atoms with E-state index in [1.165, 1.54) is 16.4 Å². The summed E-state index contributed by atoms with van der Waals surface area (Å²) in [6, 6.07) is 14.1. The number of ether oxygens (including phenoxy) is 4. The Morgan fingerprint density at radius 1 is 0.882 bits per heavy atom. The molecule has 1 unspecified atom stereocenters. The van der Waals surface area contributed by atoms with Crippen LogP contribution in [0.5, 0.6) is 11.5 Å². The van der Waals surface area contributed by atoms with Crippen LogP contribution >= 0.6 is 15.9 Å². The second-order valence-electron chi connectivity index (χ2n) is 15.2. The van der Waals surface area contributed by atoms with Crippen LogP contribution in [-0.2, 0) is 28.7 Å². The second-order valence-corrected chi connectivity index (χ2v) is 34.0. The van der Waals surface area contributed by atoms with Gasteiger partial charge in [0.25, 0.3) is 5.91 Å². The number of amides is 1. The first-order chi connectivity index (χ1) is 23.7. The minimum Gasteiger partial charge on any atom is -0.481 e. The minimum atomic E-state index is -3.82. The van der Waals surface area contributed by atoms with E-state index in [0.717, 1.165) is 36.5 Å². The molecule has 0 aliphatic carbocycles. The quantitative estimate of drug-likeness (QED) is 0.0635. The Bertz CT molecular complexity index is 1500. The number of nitrogens with zero attached hydrogens (tertiary/aromatic N) is 1. The fourth-order valence-electron chi connectivity index (χ4n) is 4.99. The number of nitrogens with one attached hydrogen (secondary N) is 1. The number of sulfonamides is 1. The van der Waals surface area contributed by atoms with Gasteiger partial charge >= 0.3 is 0 Å². The molecule has 1 amide bonds. The summed E-state index contributed by atoms with van der Waals surface area (Å²) in [6.07, 6.45) is 0.529. The zero-order chi connectivity index (χ0) is 38.5. The Hall–Kier alpha value is -1.80. The van der Waals surface area contributed by atoms with Crippen molar-refractivity contribution in [3.05, 3.63) is 52.3 Å². The Labute approximate surface area is 317 Å². The van der Waals surface area contributed by atoms with Crippen LogP contribution in [0.15, 0.2) is 40.9 Å². The van der Waals surface area contributed by atoms with Gasteiger partial charge in [0, 0.05) is 40.4 Å². The molecule has 0 aromatic heterocycles. The average molecular weight is 852 g/mol. The lowest BCUT2D eigenvalue weighted by atomic mass is 10.1. The number of carbonyl (C=O) groups excluding carboxylic acids is 1. The van der Waals surface area contributed by atoms with Gasteiger partial charge < -0.3 is 28.7 Å². The normalized spacial score (nSPS) is 13.2. The molecule has 10 nitrogen and oxygen atoms in total. The molecule has 0 fully saturated rings. The van der Waals surface area contributed by atoms with Crippen LogP contribution in [0.25, 0.3) is 0 Å². The summed E-state index contributed by atoms with van der Waals surface area (Å²) in [6.45, 7) is 20.3. The molecule has 0 aliphatic rings. The van der Waals surface area contributed by atoms with E-state index >= 15 is 0 Å². The number of benzene rings is 2. The van der Waals surface area contributed by atoms with E-state index in [0.29, 0.717) is 34.7 Å². The Morgan fingerprint density at radius 2 is 1.47 bits per heavy atom. The summed E-state index contributed by atoms with van der Waals surface area (Å²) in [7, 11) is -8.79. The smallest absolute Gasteiger partial charge is 0.258 e. The summed E-state index contributed by atoms with van der Waals surface area (Å²) < 4.78 is 72.9. The Kier molecular flexibility index (Phi) is 18.3. The van der Waals surface area contributed by atoms with Gasteiger partial charge in [-0.3, -0.25) is 4.79 Å². The highest BCUT2D eigenvalue weighted by Crippen LogP contribution is 2.36. The van der Waals surface area contributed by atoms with Crippen molar-refractivity contribution < 1.29 is 41.0 Å². The molecule has 2 aromatic rings. The summed E-state index contributed by atoms with van der Waals surface area (Å²) >= 11 is 3.22. The molecule has 0 heterocycles. The van der Waals surface area contributed by atoms with Gasteiger partial charge in [0.2, 0.25) is 10.0 Å². The highest BCUT2D eigenvalue weighted by Gasteiger charge is 2.34. The average Bonchev–Trinajstić information content (AvgIpc) is 3.03. The van der Waals surface area contributed by atoms with Crippen molar-refractivity contribution in [3.8, 4) is 11.5 Å². The second kappa shape index (κ2) is 20.6. The molecule has 290 valence electrons. The van der Waals surface area contributed by atoms with Gasteiger partial charge in [0.05, 0.1) is 18.0 Å². The van der Waals surface area contributed by atoms with Crippen LogP contribution in [0.1, 0.15) is 32.4 Å².